The fourth-order valence-corrected chi connectivity index (χ4v) is 4.16. The van der Waals surface area contributed by atoms with Gasteiger partial charge in [-0.3, -0.25) is 4.21 Å². The highest BCUT2D eigenvalue weighted by atomic mass is 35.5. The highest BCUT2D eigenvalue weighted by Crippen LogP contribution is 2.40. The summed E-state index contributed by atoms with van der Waals surface area (Å²) in [5, 5.41) is 4.04. The van der Waals surface area contributed by atoms with E-state index >= 15 is 0 Å². The third-order valence-corrected chi connectivity index (χ3v) is 6.59. The SMILES string of the molecule is CC(C)(C)S(=O)[N-]c1cc(Cl)ccc1-c1ccccc1CC1CCNCC1. The summed E-state index contributed by atoms with van der Waals surface area (Å²) in [7, 11) is -1.34. The molecule has 2 aromatic rings. The molecule has 27 heavy (non-hydrogen) atoms. The first kappa shape index (κ1) is 20.4. The minimum absolute atomic E-state index is 0.409. The number of halogens is 1. The quantitative estimate of drug-likeness (QED) is 0.663. The Morgan fingerprint density at radius 2 is 1.81 bits per heavy atom. The summed E-state index contributed by atoms with van der Waals surface area (Å²) in [6.07, 6.45) is 3.47. The number of rotatable bonds is 5. The second-order valence-corrected chi connectivity index (χ2v) is 10.5. The van der Waals surface area contributed by atoms with Crippen LogP contribution in [0.1, 0.15) is 39.2 Å². The first-order chi connectivity index (χ1) is 12.8. The maximum Gasteiger partial charge on any atom is 0.0394 e. The van der Waals surface area contributed by atoms with E-state index in [1.54, 1.807) is 0 Å². The Balaban J connectivity index is 1.95. The molecule has 3 rings (SSSR count). The predicted octanol–water partition coefficient (Wildman–Crippen LogP) is 6.02. The van der Waals surface area contributed by atoms with Crippen molar-refractivity contribution in [3.63, 3.8) is 0 Å². The van der Waals surface area contributed by atoms with Gasteiger partial charge >= 0.3 is 0 Å². The zero-order chi connectivity index (χ0) is 19.4. The Labute approximate surface area is 170 Å². The average molecular weight is 404 g/mol. The molecule has 5 heteroatoms. The van der Waals surface area contributed by atoms with Crippen LogP contribution >= 0.6 is 11.6 Å². The van der Waals surface area contributed by atoms with Gasteiger partial charge in [-0.2, -0.15) is 0 Å². The molecule has 1 aliphatic rings. The molecule has 0 aromatic heterocycles. The number of benzene rings is 2. The minimum atomic E-state index is -1.34. The monoisotopic (exact) mass is 403 g/mol. The van der Waals surface area contributed by atoms with Crippen molar-refractivity contribution in [1.29, 1.82) is 0 Å². The van der Waals surface area contributed by atoms with E-state index in [0.29, 0.717) is 16.6 Å². The zero-order valence-corrected chi connectivity index (χ0v) is 17.9. The van der Waals surface area contributed by atoms with Crippen LogP contribution in [0.25, 0.3) is 15.8 Å². The van der Waals surface area contributed by atoms with E-state index in [-0.39, 0.29) is 0 Å². The van der Waals surface area contributed by atoms with Crippen LogP contribution in [0.5, 0.6) is 0 Å². The van der Waals surface area contributed by atoms with Crippen LogP contribution in [-0.2, 0) is 17.4 Å². The van der Waals surface area contributed by atoms with E-state index in [2.05, 4.69) is 34.3 Å². The van der Waals surface area contributed by atoms with Crippen LogP contribution in [0.4, 0.5) is 5.69 Å². The summed E-state index contributed by atoms with van der Waals surface area (Å²) in [4.78, 5) is 0. The lowest BCUT2D eigenvalue weighted by Gasteiger charge is -2.33. The van der Waals surface area contributed by atoms with Crippen LogP contribution in [0.15, 0.2) is 42.5 Å². The fraction of sp³-hybridized carbons (Fsp3) is 0.455. The molecule has 0 spiro atoms. The van der Waals surface area contributed by atoms with Gasteiger partial charge in [0.25, 0.3) is 0 Å². The molecular formula is C22H28ClN2OS-. The summed E-state index contributed by atoms with van der Waals surface area (Å²) in [5.74, 6) is 0.698. The van der Waals surface area contributed by atoms with E-state index in [1.807, 2.05) is 39.0 Å². The molecule has 1 saturated heterocycles. The first-order valence-corrected chi connectivity index (χ1v) is 11.1. The first-order valence-electron chi connectivity index (χ1n) is 9.57. The molecule has 0 amide bonds. The van der Waals surface area contributed by atoms with Gasteiger partial charge in [-0.25, -0.2) is 0 Å². The van der Waals surface area contributed by atoms with Gasteiger partial charge in [-0.05, 0) is 81.8 Å². The zero-order valence-electron chi connectivity index (χ0n) is 16.3. The van der Waals surface area contributed by atoms with Gasteiger partial charge < -0.3 is 10.0 Å². The predicted molar refractivity (Wildman–Crippen MR) is 117 cm³/mol. The normalized spacial score (nSPS) is 16.9. The minimum Gasteiger partial charge on any atom is -0.602 e. The summed E-state index contributed by atoms with van der Waals surface area (Å²) in [6, 6.07) is 14.2. The van der Waals surface area contributed by atoms with Crippen molar-refractivity contribution in [2.75, 3.05) is 13.1 Å². The molecule has 1 unspecified atom stereocenters. The van der Waals surface area contributed by atoms with E-state index in [9.17, 15) is 4.21 Å². The van der Waals surface area contributed by atoms with Gasteiger partial charge in [-0.15, -0.1) is 5.69 Å². The molecule has 1 aliphatic heterocycles. The highest BCUT2D eigenvalue weighted by molar-refractivity contribution is 7.89. The maximum atomic E-state index is 12.6. The van der Waals surface area contributed by atoms with Crippen LogP contribution in [0, 0.1) is 5.92 Å². The maximum absolute atomic E-state index is 12.6. The molecule has 1 atom stereocenters. The summed E-state index contributed by atoms with van der Waals surface area (Å²) >= 11 is 6.23. The Hall–Kier alpha value is -1.36. The summed E-state index contributed by atoms with van der Waals surface area (Å²) in [5.41, 5.74) is 4.19. The van der Waals surface area contributed by atoms with E-state index in [0.717, 1.165) is 30.6 Å². The summed E-state index contributed by atoms with van der Waals surface area (Å²) < 4.78 is 16.7. The third kappa shape index (κ3) is 5.34. The van der Waals surface area contributed by atoms with Crippen LogP contribution < -0.4 is 5.32 Å². The molecule has 3 nitrogen and oxygen atoms in total. The molecule has 0 saturated carbocycles. The Bertz CT molecular complexity index is 810. The molecule has 2 aromatic carbocycles. The van der Waals surface area contributed by atoms with Crippen molar-refractivity contribution >= 4 is 28.3 Å². The fourth-order valence-electron chi connectivity index (χ4n) is 3.39. The lowest BCUT2D eigenvalue weighted by atomic mass is 9.87. The topological polar surface area (TPSA) is 43.2 Å². The molecule has 0 bridgehead atoms. The van der Waals surface area contributed by atoms with Gasteiger partial charge in [0.05, 0.1) is 0 Å². The van der Waals surface area contributed by atoms with Crippen LogP contribution in [-0.4, -0.2) is 22.0 Å². The number of hydrogen-bond donors (Lipinski definition) is 1. The van der Waals surface area contributed by atoms with Gasteiger partial charge in [0.2, 0.25) is 0 Å². The van der Waals surface area contributed by atoms with Crippen molar-refractivity contribution in [3.05, 3.63) is 57.8 Å². The lowest BCUT2D eigenvalue weighted by molar-refractivity contribution is 0.373. The molecule has 146 valence electrons. The largest absolute Gasteiger partial charge is 0.602 e. The molecular weight excluding hydrogens is 376 g/mol. The van der Waals surface area contributed by atoms with Crippen molar-refractivity contribution in [2.45, 2.75) is 44.8 Å². The Morgan fingerprint density at radius 1 is 1.11 bits per heavy atom. The molecule has 1 heterocycles. The van der Waals surface area contributed by atoms with Crippen LogP contribution in [0.3, 0.4) is 0 Å². The molecule has 1 fully saturated rings. The van der Waals surface area contributed by atoms with Crippen LogP contribution in [0.2, 0.25) is 5.02 Å². The highest BCUT2D eigenvalue weighted by Gasteiger charge is 2.17. The number of hydrogen-bond acceptors (Lipinski definition) is 2. The number of nitrogens with zero attached hydrogens (tertiary/aromatic N) is 1. The second kappa shape index (κ2) is 8.76. The van der Waals surface area contributed by atoms with E-state index in [4.69, 9.17) is 11.6 Å². The van der Waals surface area contributed by atoms with Crippen molar-refractivity contribution in [3.8, 4) is 11.1 Å². The Morgan fingerprint density at radius 3 is 2.52 bits per heavy atom. The summed E-state index contributed by atoms with van der Waals surface area (Å²) in [6.45, 7) is 7.99. The second-order valence-electron chi connectivity index (χ2n) is 8.17. The van der Waals surface area contributed by atoms with Gasteiger partial charge in [-0.1, -0.05) is 59.0 Å². The lowest BCUT2D eigenvalue weighted by Crippen LogP contribution is -2.28. The molecule has 0 radical (unpaired) electrons. The van der Waals surface area contributed by atoms with E-state index < -0.39 is 15.7 Å². The van der Waals surface area contributed by atoms with Crippen molar-refractivity contribution in [2.24, 2.45) is 5.92 Å². The Kier molecular flexibility index (Phi) is 6.61. The van der Waals surface area contributed by atoms with Crippen molar-refractivity contribution < 1.29 is 4.21 Å². The number of piperidine rings is 1. The van der Waals surface area contributed by atoms with Crippen molar-refractivity contribution in [1.82, 2.24) is 5.32 Å². The third-order valence-electron chi connectivity index (χ3n) is 4.94. The molecule has 1 N–H and O–H groups in total. The van der Waals surface area contributed by atoms with Gasteiger partial charge in [0, 0.05) is 9.77 Å². The van der Waals surface area contributed by atoms with Gasteiger partial charge in [0.15, 0.2) is 0 Å². The average Bonchev–Trinajstić information content (AvgIpc) is 2.63. The number of nitrogens with one attached hydrogen (secondary N) is 1. The molecule has 0 aliphatic carbocycles. The smallest absolute Gasteiger partial charge is 0.0394 e. The standard InChI is InChI=1S/C22H28ClN2OS/c1-22(2,3)27(26)25-21-15-18(23)8-9-20(21)19-7-5-4-6-17(19)14-16-10-12-24-13-11-16/h4-9,15-16,24H,10-14H2,1-3H3/q-1. The van der Waals surface area contributed by atoms with E-state index in [1.165, 1.54) is 18.4 Å². The van der Waals surface area contributed by atoms with Gasteiger partial charge in [0.1, 0.15) is 0 Å².